The van der Waals surface area contributed by atoms with E-state index >= 15 is 0 Å². The van der Waals surface area contributed by atoms with Gasteiger partial charge in [0.15, 0.2) is 5.69 Å². The molecule has 1 aliphatic rings. The van der Waals surface area contributed by atoms with E-state index < -0.39 is 0 Å². The Morgan fingerprint density at radius 1 is 1.50 bits per heavy atom. The lowest BCUT2D eigenvalue weighted by atomic mass is 10.2. The highest BCUT2D eigenvalue weighted by Crippen LogP contribution is 2.19. The maximum Gasteiger partial charge on any atom is 0.275 e. The molecule has 6 heteroatoms. The second kappa shape index (κ2) is 3.91. The van der Waals surface area contributed by atoms with Gasteiger partial charge in [-0.25, -0.2) is 0 Å². The summed E-state index contributed by atoms with van der Waals surface area (Å²) >= 11 is 1.05. The Balaban J connectivity index is 1.98. The molecule has 0 atom stereocenters. The topological polar surface area (TPSA) is 80.9 Å². The molecule has 1 saturated carbocycles. The van der Waals surface area contributed by atoms with E-state index in [1.165, 1.54) is 12.8 Å². The summed E-state index contributed by atoms with van der Waals surface area (Å²) in [5, 5.41) is 6.99. The van der Waals surface area contributed by atoms with Gasteiger partial charge in [-0.1, -0.05) is 17.3 Å². The molecule has 1 aromatic rings. The molecule has 2 rings (SSSR count). The van der Waals surface area contributed by atoms with Crippen LogP contribution in [-0.2, 0) is 0 Å². The zero-order valence-electron chi connectivity index (χ0n) is 7.69. The third kappa shape index (κ3) is 1.84. The molecular weight excluding hydrogens is 200 g/mol. The molecule has 0 saturated heterocycles. The van der Waals surface area contributed by atoms with Crippen molar-refractivity contribution in [2.24, 2.45) is 0 Å². The molecule has 76 valence electrons. The Labute approximate surface area is 85.9 Å². The molecule has 1 aromatic heterocycles. The number of carbonyl (C=O) groups excluding carboxylic acids is 1. The van der Waals surface area contributed by atoms with Crippen molar-refractivity contribution in [2.75, 3.05) is 5.73 Å². The van der Waals surface area contributed by atoms with Gasteiger partial charge in [-0.2, -0.15) is 0 Å². The molecule has 0 aromatic carbocycles. The lowest BCUT2D eigenvalue weighted by molar-refractivity contribution is 0.0933. The number of nitrogens with zero attached hydrogens (tertiary/aromatic N) is 2. The minimum Gasteiger partial charge on any atom is -0.387 e. The lowest BCUT2D eigenvalue weighted by Crippen LogP contribution is -2.33. The van der Waals surface area contributed by atoms with E-state index in [1.54, 1.807) is 0 Å². The first-order chi connectivity index (χ1) is 6.77. The van der Waals surface area contributed by atoms with Crippen LogP contribution in [-0.4, -0.2) is 21.5 Å². The Morgan fingerprint density at radius 3 is 2.79 bits per heavy atom. The van der Waals surface area contributed by atoms with Crippen molar-refractivity contribution in [3.8, 4) is 0 Å². The van der Waals surface area contributed by atoms with Crippen molar-refractivity contribution in [1.29, 1.82) is 0 Å². The molecule has 1 heterocycles. The summed E-state index contributed by atoms with van der Waals surface area (Å²) in [6.07, 6.45) is 4.50. The van der Waals surface area contributed by atoms with Crippen LogP contribution < -0.4 is 11.1 Å². The third-order valence-electron chi connectivity index (χ3n) is 2.42. The standard InChI is InChI=1S/C8H12N4OS/c9-7-6(11-12-14-7)8(13)10-5-3-1-2-4-5/h5H,1-4,9H2,(H,10,13). The zero-order chi connectivity index (χ0) is 9.97. The predicted molar refractivity (Wildman–Crippen MR) is 54.0 cm³/mol. The number of hydrogen-bond donors (Lipinski definition) is 2. The number of carbonyl (C=O) groups is 1. The van der Waals surface area contributed by atoms with Gasteiger partial charge in [-0.15, -0.1) is 5.10 Å². The highest BCUT2D eigenvalue weighted by molar-refractivity contribution is 7.10. The van der Waals surface area contributed by atoms with E-state index in [0.717, 1.165) is 24.4 Å². The molecule has 5 nitrogen and oxygen atoms in total. The SMILES string of the molecule is Nc1snnc1C(=O)NC1CCCC1. The van der Waals surface area contributed by atoms with Gasteiger partial charge in [0.05, 0.1) is 0 Å². The normalized spacial score (nSPS) is 17.1. The molecule has 0 spiro atoms. The average Bonchev–Trinajstić information content (AvgIpc) is 2.75. The smallest absolute Gasteiger partial charge is 0.275 e. The van der Waals surface area contributed by atoms with E-state index in [1.807, 2.05) is 0 Å². The van der Waals surface area contributed by atoms with Crippen molar-refractivity contribution in [1.82, 2.24) is 14.9 Å². The lowest BCUT2D eigenvalue weighted by Gasteiger charge is -2.09. The first-order valence-corrected chi connectivity index (χ1v) is 5.43. The van der Waals surface area contributed by atoms with Gasteiger partial charge in [0.2, 0.25) is 0 Å². The molecule has 1 amide bonds. The largest absolute Gasteiger partial charge is 0.387 e. The Bertz CT molecular complexity index is 332. The minimum absolute atomic E-state index is 0.192. The fourth-order valence-electron chi connectivity index (χ4n) is 1.68. The van der Waals surface area contributed by atoms with E-state index in [-0.39, 0.29) is 11.6 Å². The van der Waals surface area contributed by atoms with E-state index in [9.17, 15) is 4.79 Å². The van der Waals surface area contributed by atoms with Gasteiger partial charge < -0.3 is 11.1 Å². The maximum atomic E-state index is 11.6. The van der Waals surface area contributed by atoms with Gasteiger partial charge in [0.1, 0.15) is 5.00 Å². The van der Waals surface area contributed by atoms with Crippen molar-refractivity contribution in [3.05, 3.63) is 5.69 Å². The Morgan fingerprint density at radius 2 is 2.21 bits per heavy atom. The average molecular weight is 212 g/mol. The fraction of sp³-hybridized carbons (Fsp3) is 0.625. The van der Waals surface area contributed by atoms with Crippen LogP contribution in [0.1, 0.15) is 36.2 Å². The van der Waals surface area contributed by atoms with Gasteiger partial charge in [0, 0.05) is 17.6 Å². The number of nitrogens with one attached hydrogen (secondary N) is 1. The number of hydrogen-bond acceptors (Lipinski definition) is 5. The third-order valence-corrected chi connectivity index (χ3v) is 2.97. The van der Waals surface area contributed by atoms with Crippen molar-refractivity contribution in [2.45, 2.75) is 31.7 Å². The van der Waals surface area contributed by atoms with Crippen LogP contribution in [0.25, 0.3) is 0 Å². The number of anilines is 1. The Hall–Kier alpha value is -1.17. The van der Waals surface area contributed by atoms with Crippen LogP contribution >= 0.6 is 11.5 Å². The monoisotopic (exact) mass is 212 g/mol. The summed E-state index contributed by atoms with van der Waals surface area (Å²) < 4.78 is 3.62. The highest BCUT2D eigenvalue weighted by atomic mass is 32.1. The minimum atomic E-state index is -0.192. The molecule has 0 aliphatic heterocycles. The molecular formula is C8H12N4OS. The van der Waals surface area contributed by atoms with Crippen molar-refractivity contribution >= 4 is 22.4 Å². The summed E-state index contributed by atoms with van der Waals surface area (Å²) in [5.41, 5.74) is 5.81. The fourth-order valence-corrected chi connectivity index (χ4v) is 2.11. The van der Waals surface area contributed by atoms with E-state index in [4.69, 9.17) is 5.73 Å². The maximum absolute atomic E-state index is 11.6. The summed E-state index contributed by atoms with van der Waals surface area (Å²) in [5.74, 6) is -0.192. The van der Waals surface area contributed by atoms with Crippen LogP contribution in [0.5, 0.6) is 0 Å². The van der Waals surface area contributed by atoms with Crippen LogP contribution in [0.3, 0.4) is 0 Å². The van der Waals surface area contributed by atoms with Crippen LogP contribution in [0, 0.1) is 0 Å². The number of nitrogens with two attached hydrogens (primary N) is 1. The van der Waals surface area contributed by atoms with Crippen LogP contribution in [0.4, 0.5) is 5.00 Å². The van der Waals surface area contributed by atoms with Gasteiger partial charge in [-0.3, -0.25) is 4.79 Å². The number of aromatic nitrogens is 2. The summed E-state index contributed by atoms with van der Waals surface area (Å²) in [4.78, 5) is 11.6. The summed E-state index contributed by atoms with van der Waals surface area (Å²) in [7, 11) is 0. The number of rotatable bonds is 2. The van der Waals surface area contributed by atoms with Crippen LogP contribution in [0.15, 0.2) is 0 Å². The molecule has 1 fully saturated rings. The number of amides is 1. The van der Waals surface area contributed by atoms with E-state index in [2.05, 4.69) is 14.9 Å². The summed E-state index contributed by atoms with van der Waals surface area (Å²) in [6, 6.07) is 0.295. The zero-order valence-corrected chi connectivity index (χ0v) is 8.51. The van der Waals surface area contributed by atoms with Gasteiger partial charge in [-0.05, 0) is 12.8 Å². The van der Waals surface area contributed by atoms with Crippen molar-refractivity contribution in [3.63, 3.8) is 0 Å². The Kier molecular flexibility index (Phi) is 2.62. The molecule has 0 unspecified atom stereocenters. The van der Waals surface area contributed by atoms with Crippen molar-refractivity contribution < 1.29 is 4.79 Å². The summed E-state index contributed by atoms with van der Waals surface area (Å²) in [6.45, 7) is 0. The molecule has 14 heavy (non-hydrogen) atoms. The molecule has 0 bridgehead atoms. The molecule has 0 radical (unpaired) electrons. The number of nitrogen functional groups attached to an aromatic ring is 1. The first kappa shape index (κ1) is 9.39. The molecule has 3 N–H and O–H groups in total. The van der Waals surface area contributed by atoms with Gasteiger partial charge in [0.25, 0.3) is 5.91 Å². The van der Waals surface area contributed by atoms with Gasteiger partial charge >= 0.3 is 0 Å². The molecule has 1 aliphatic carbocycles. The van der Waals surface area contributed by atoms with E-state index in [0.29, 0.717) is 11.0 Å². The quantitative estimate of drug-likeness (QED) is 0.759. The van der Waals surface area contributed by atoms with Crippen LogP contribution in [0.2, 0.25) is 0 Å². The first-order valence-electron chi connectivity index (χ1n) is 4.66. The predicted octanol–water partition coefficient (Wildman–Crippen LogP) is 0.793. The highest BCUT2D eigenvalue weighted by Gasteiger charge is 2.20. The second-order valence-corrected chi connectivity index (χ2v) is 4.23. The second-order valence-electron chi connectivity index (χ2n) is 3.44.